The van der Waals surface area contributed by atoms with Crippen molar-refractivity contribution in [2.75, 3.05) is 0 Å². The molecule has 15 heavy (non-hydrogen) atoms. The van der Waals surface area contributed by atoms with Crippen LogP contribution in [-0.4, -0.2) is 5.71 Å². The molecule has 0 saturated heterocycles. The highest BCUT2D eigenvalue weighted by atomic mass is 14.7. The van der Waals surface area contributed by atoms with Crippen molar-refractivity contribution in [2.24, 2.45) is 10.7 Å². The molecular formula is C13H12N2. The quantitative estimate of drug-likeness (QED) is 0.736. The van der Waals surface area contributed by atoms with Crippen LogP contribution in [0.3, 0.4) is 0 Å². The van der Waals surface area contributed by atoms with Crippen molar-refractivity contribution in [3.63, 3.8) is 0 Å². The number of rotatable bonds is 1. The van der Waals surface area contributed by atoms with E-state index in [0.29, 0.717) is 0 Å². The molecule has 0 unspecified atom stereocenters. The molecule has 1 aromatic carbocycles. The third-order valence-electron chi connectivity index (χ3n) is 2.34. The predicted octanol–water partition coefficient (Wildman–Crippen LogP) is 2.60. The molecule has 0 saturated carbocycles. The zero-order chi connectivity index (χ0) is 10.7. The van der Waals surface area contributed by atoms with Gasteiger partial charge in [0.2, 0.25) is 0 Å². The van der Waals surface area contributed by atoms with Gasteiger partial charge >= 0.3 is 0 Å². The zero-order valence-electron chi connectivity index (χ0n) is 8.35. The van der Waals surface area contributed by atoms with E-state index in [4.69, 9.17) is 5.73 Å². The van der Waals surface area contributed by atoms with Gasteiger partial charge in [-0.25, -0.2) is 0 Å². The molecule has 0 bridgehead atoms. The van der Waals surface area contributed by atoms with Crippen molar-refractivity contribution in [2.45, 2.75) is 0 Å². The lowest BCUT2D eigenvalue weighted by atomic mass is 9.91. The normalized spacial score (nSPS) is 19.2. The fourth-order valence-electron chi connectivity index (χ4n) is 1.67. The molecule has 2 rings (SSSR count). The fourth-order valence-corrected chi connectivity index (χ4v) is 1.67. The average molecular weight is 196 g/mol. The Bertz CT molecular complexity index is 479. The van der Waals surface area contributed by atoms with Gasteiger partial charge in [0.25, 0.3) is 0 Å². The van der Waals surface area contributed by atoms with Crippen molar-refractivity contribution < 1.29 is 0 Å². The number of aliphatic imine (C=N–C) groups is 1. The second kappa shape index (κ2) is 3.96. The molecule has 0 radical (unpaired) electrons. The fraction of sp³-hybridized carbons (Fsp3) is 0. The summed E-state index contributed by atoms with van der Waals surface area (Å²) in [5, 5.41) is 0. The summed E-state index contributed by atoms with van der Waals surface area (Å²) in [6.45, 7) is 3.59. The summed E-state index contributed by atoms with van der Waals surface area (Å²) in [7, 11) is 0. The first-order valence-electron chi connectivity index (χ1n) is 4.75. The van der Waals surface area contributed by atoms with E-state index in [0.717, 1.165) is 22.4 Å². The number of hydrogen-bond donors (Lipinski definition) is 1. The molecule has 1 aliphatic rings. The van der Waals surface area contributed by atoms with Crippen LogP contribution in [-0.2, 0) is 0 Å². The molecule has 0 amide bonds. The lowest BCUT2D eigenvalue weighted by Gasteiger charge is -2.14. The molecule has 1 aromatic rings. The summed E-state index contributed by atoms with van der Waals surface area (Å²) in [5.41, 5.74) is 9.71. The Morgan fingerprint density at radius 1 is 1.20 bits per heavy atom. The van der Waals surface area contributed by atoms with Gasteiger partial charge in [0.05, 0.1) is 5.71 Å². The number of nitrogens with two attached hydrogens (primary N) is 1. The monoisotopic (exact) mass is 196 g/mol. The van der Waals surface area contributed by atoms with Crippen molar-refractivity contribution in [1.82, 2.24) is 0 Å². The Labute approximate surface area is 89.1 Å². The van der Waals surface area contributed by atoms with Gasteiger partial charge in [0.15, 0.2) is 0 Å². The molecule has 2 nitrogen and oxygen atoms in total. The van der Waals surface area contributed by atoms with Crippen LogP contribution in [0, 0.1) is 0 Å². The maximum atomic E-state index is 5.63. The van der Waals surface area contributed by atoms with E-state index in [-0.39, 0.29) is 0 Å². The van der Waals surface area contributed by atoms with Gasteiger partial charge in [-0.3, -0.25) is 4.99 Å². The van der Waals surface area contributed by atoms with E-state index in [2.05, 4.69) is 17.6 Å². The van der Waals surface area contributed by atoms with Crippen LogP contribution in [0.5, 0.6) is 0 Å². The lowest BCUT2D eigenvalue weighted by Crippen LogP contribution is -2.06. The van der Waals surface area contributed by atoms with Crippen LogP contribution in [0.4, 0.5) is 0 Å². The van der Waals surface area contributed by atoms with E-state index in [9.17, 15) is 0 Å². The third-order valence-corrected chi connectivity index (χ3v) is 2.34. The van der Waals surface area contributed by atoms with Crippen molar-refractivity contribution in [3.05, 3.63) is 60.4 Å². The summed E-state index contributed by atoms with van der Waals surface area (Å²) in [4.78, 5) is 4.18. The summed E-state index contributed by atoms with van der Waals surface area (Å²) in [6.07, 6.45) is 7.09. The largest absolute Gasteiger partial charge is 0.404 e. The zero-order valence-corrected chi connectivity index (χ0v) is 8.35. The van der Waals surface area contributed by atoms with Gasteiger partial charge in [-0.2, -0.15) is 0 Å². The van der Waals surface area contributed by atoms with Gasteiger partial charge in [-0.1, -0.05) is 36.9 Å². The lowest BCUT2D eigenvalue weighted by molar-refractivity contribution is 1.51. The Balaban J connectivity index is 2.61. The van der Waals surface area contributed by atoms with E-state index in [1.807, 2.05) is 30.4 Å². The van der Waals surface area contributed by atoms with Crippen LogP contribution >= 0.6 is 0 Å². The van der Waals surface area contributed by atoms with E-state index >= 15 is 0 Å². The number of nitrogens with zero attached hydrogens (tertiary/aromatic N) is 1. The van der Waals surface area contributed by atoms with Gasteiger partial charge in [-0.05, 0) is 17.2 Å². The predicted molar refractivity (Wildman–Crippen MR) is 65.3 cm³/mol. The van der Waals surface area contributed by atoms with Crippen LogP contribution in [0.15, 0.2) is 54.3 Å². The van der Waals surface area contributed by atoms with Crippen LogP contribution in [0.2, 0.25) is 0 Å². The maximum Gasteiger partial charge on any atom is 0.0722 e. The van der Waals surface area contributed by atoms with Crippen molar-refractivity contribution in [3.8, 4) is 0 Å². The minimum atomic E-state index is 0.853. The smallest absolute Gasteiger partial charge is 0.0722 e. The first-order valence-corrected chi connectivity index (χ1v) is 4.75. The SMILES string of the molecule is C=C/N=C1/C=Cc2ccccc2/C1=C/N. The summed E-state index contributed by atoms with van der Waals surface area (Å²) >= 11 is 0. The molecule has 2 heteroatoms. The second-order valence-electron chi connectivity index (χ2n) is 3.20. The Morgan fingerprint density at radius 3 is 2.73 bits per heavy atom. The number of allylic oxidation sites excluding steroid dienone is 2. The second-order valence-corrected chi connectivity index (χ2v) is 3.20. The molecule has 0 fully saturated rings. The van der Waals surface area contributed by atoms with E-state index in [1.165, 1.54) is 6.20 Å². The highest BCUT2D eigenvalue weighted by molar-refractivity contribution is 6.32. The van der Waals surface area contributed by atoms with Crippen LogP contribution in [0.1, 0.15) is 11.1 Å². The number of benzene rings is 1. The summed E-state index contributed by atoms with van der Waals surface area (Å²) < 4.78 is 0. The third kappa shape index (κ3) is 1.62. The molecule has 1 aliphatic carbocycles. The van der Waals surface area contributed by atoms with Crippen LogP contribution in [0.25, 0.3) is 11.6 Å². The highest BCUT2D eigenvalue weighted by Gasteiger charge is 2.13. The van der Waals surface area contributed by atoms with E-state index < -0.39 is 0 Å². The van der Waals surface area contributed by atoms with Gasteiger partial charge in [0, 0.05) is 18.0 Å². The highest BCUT2D eigenvalue weighted by Crippen LogP contribution is 2.26. The van der Waals surface area contributed by atoms with Crippen molar-refractivity contribution in [1.29, 1.82) is 0 Å². The molecule has 0 atom stereocenters. The molecular weight excluding hydrogens is 184 g/mol. The molecule has 0 spiro atoms. The minimum Gasteiger partial charge on any atom is -0.404 e. The first-order chi connectivity index (χ1) is 7.36. The summed E-state index contributed by atoms with van der Waals surface area (Å²) in [5.74, 6) is 0. The summed E-state index contributed by atoms with van der Waals surface area (Å²) in [6, 6.07) is 8.09. The van der Waals surface area contributed by atoms with Crippen LogP contribution < -0.4 is 5.73 Å². The number of fused-ring (bicyclic) bond motifs is 1. The Hall–Kier alpha value is -2.09. The topological polar surface area (TPSA) is 38.4 Å². The van der Waals surface area contributed by atoms with Crippen molar-refractivity contribution >= 4 is 17.4 Å². The van der Waals surface area contributed by atoms with Gasteiger partial charge in [-0.15, -0.1) is 0 Å². The first kappa shape index (κ1) is 9.46. The molecule has 0 aromatic heterocycles. The number of hydrogen-bond acceptors (Lipinski definition) is 2. The average Bonchev–Trinajstić information content (AvgIpc) is 2.29. The molecule has 74 valence electrons. The maximum absolute atomic E-state index is 5.63. The van der Waals surface area contributed by atoms with E-state index in [1.54, 1.807) is 6.20 Å². The Kier molecular flexibility index (Phi) is 2.50. The van der Waals surface area contributed by atoms with Gasteiger partial charge < -0.3 is 5.73 Å². The van der Waals surface area contributed by atoms with Gasteiger partial charge in [0.1, 0.15) is 0 Å². The minimum absolute atomic E-state index is 0.853. The molecule has 2 N–H and O–H groups in total. The standard InChI is InChI=1S/C13H12N2/c1-2-15-13-8-7-10-5-3-4-6-11(10)12(13)9-14/h2-9H,1,14H2/b12-9-,15-13-. The molecule has 0 aliphatic heterocycles. The Morgan fingerprint density at radius 2 is 2.00 bits per heavy atom. The molecule has 0 heterocycles.